The van der Waals surface area contributed by atoms with Crippen LogP contribution in [0, 0.1) is 15.5 Å². The highest BCUT2D eigenvalue weighted by atomic mass is 28.2. The maximum absolute atomic E-state index is 11.9. The number of rotatable bonds is 4. The summed E-state index contributed by atoms with van der Waals surface area (Å²) >= 11 is 0. The van der Waals surface area contributed by atoms with Gasteiger partial charge in [0.05, 0.1) is 15.9 Å². The van der Waals surface area contributed by atoms with Gasteiger partial charge in [-0.05, 0) is 43.7 Å². The van der Waals surface area contributed by atoms with Crippen molar-refractivity contribution in [3.63, 3.8) is 0 Å². The number of nitro benzene ring substituents is 1. The van der Waals surface area contributed by atoms with Crippen LogP contribution in [0.15, 0.2) is 18.2 Å². The van der Waals surface area contributed by atoms with Crippen LogP contribution >= 0.6 is 0 Å². The number of hydrogen-bond acceptors (Lipinski definition) is 7. The lowest BCUT2D eigenvalue weighted by atomic mass is 9.97. The molecule has 8 nitrogen and oxygen atoms in total. The molecular weight excluding hydrogens is 346 g/mol. The fourth-order valence-electron chi connectivity index (χ4n) is 2.33. The first-order valence-corrected chi connectivity index (χ1v) is 8.83. The lowest BCUT2D eigenvalue weighted by molar-refractivity contribution is -0.385. The topological polar surface area (TPSA) is 130 Å². The molecule has 0 saturated carbocycles. The number of fused-ring (bicyclic) bond motifs is 1. The highest BCUT2D eigenvalue weighted by Crippen LogP contribution is 2.33. The lowest BCUT2D eigenvalue weighted by Gasteiger charge is -2.17. The van der Waals surface area contributed by atoms with Crippen molar-refractivity contribution in [2.24, 2.45) is 5.41 Å². The Bertz CT molecular complexity index is 858. The molecule has 9 heteroatoms. The van der Waals surface area contributed by atoms with Crippen molar-refractivity contribution >= 4 is 37.4 Å². The van der Waals surface area contributed by atoms with Crippen LogP contribution in [-0.4, -0.2) is 35.7 Å². The van der Waals surface area contributed by atoms with E-state index in [4.69, 9.17) is 4.74 Å². The fraction of sp³-hybridized carbons (Fsp3) is 0.312. The molecule has 3 N–H and O–H groups in total. The quantitative estimate of drug-likeness (QED) is 0.242. The Hall–Kier alpha value is -2.65. The van der Waals surface area contributed by atoms with E-state index in [1.165, 1.54) is 18.2 Å². The second-order valence-corrected chi connectivity index (χ2v) is 7.69. The zero-order chi connectivity index (χ0) is 18.9. The van der Waals surface area contributed by atoms with Crippen LogP contribution in [0.4, 0.5) is 5.69 Å². The number of benzene rings is 2. The average Bonchev–Trinajstić information content (AvgIpc) is 2.52. The molecule has 2 aromatic carbocycles. The van der Waals surface area contributed by atoms with E-state index in [1.807, 2.05) is 0 Å². The van der Waals surface area contributed by atoms with Crippen molar-refractivity contribution in [3.8, 4) is 11.5 Å². The highest BCUT2D eigenvalue weighted by Gasteiger charge is 2.25. The maximum atomic E-state index is 11.9. The van der Waals surface area contributed by atoms with Gasteiger partial charge >= 0.3 is 5.97 Å². The third-order valence-electron chi connectivity index (χ3n) is 3.72. The van der Waals surface area contributed by atoms with Crippen molar-refractivity contribution in [1.29, 1.82) is 0 Å². The molecule has 0 saturated heterocycles. The minimum absolute atomic E-state index is 0.142. The predicted octanol–water partition coefficient (Wildman–Crippen LogP) is 0.950. The molecule has 134 valence electrons. The van der Waals surface area contributed by atoms with Crippen molar-refractivity contribution in [1.82, 2.24) is 0 Å². The number of aromatic hydroxyl groups is 2. The summed E-state index contributed by atoms with van der Waals surface area (Å²) in [6.45, 7) is 4.69. The predicted molar refractivity (Wildman–Crippen MR) is 93.6 cm³/mol. The van der Waals surface area contributed by atoms with E-state index in [9.17, 15) is 29.9 Å². The number of ether oxygens (including phenoxy) is 1. The molecule has 0 aliphatic carbocycles. The molecule has 2 rings (SSSR count). The van der Waals surface area contributed by atoms with Gasteiger partial charge in [-0.3, -0.25) is 14.9 Å². The molecule has 0 fully saturated rings. The summed E-state index contributed by atoms with van der Waals surface area (Å²) in [7, 11) is -1.87. The van der Waals surface area contributed by atoms with Crippen molar-refractivity contribution in [2.45, 2.75) is 27.4 Å². The molecule has 0 heterocycles. The lowest BCUT2D eigenvalue weighted by Crippen LogP contribution is -2.23. The van der Waals surface area contributed by atoms with E-state index < -0.39 is 37.6 Å². The Balaban J connectivity index is 2.58. The summed E-state index contributed by atoms with van der Waals surface area (Å²) in [5, 5.41) is 31.8. The first kappa shape index (κ1) is 18.7. The molecule has 0 aliphatic heterocycles. The van der Waals surface area contributed by atoms with Crippen LogP contribution < -0.4 is 5.19 Å². The van der Waals surface area contributed by atoms with Crippen LogP contribution in [0.5, 0.6) is 11.5 Å². The van der Waals surface area contributed by atoms with Crippen molar-refractivity contribution in [2.75, 3.05) is 0 Å². The van der Waals surface area contributed by atoms with Crippen LogP contribution in [0.1, 0.15) is 26.3 Å². The van der Waals surface area contributed by atoms with Gasteiger partial charge in [0, 0.05) is 11.3 Å². The van der Waals surface area contributed by atoms with E-state index in [2.05, 4.69) is 0 Å². The number of phenolic OH excluding ortho intramolecular Hbond substituents is 2. The van der Waals surface area contributed by atoms with Gasteiger partial charge in [-0.1, -0.05) is 0 Å². The number of phenols is 2. The van der Waals surface area contributed by atoms with Gasteiger partial charge < -0.3 is 19.7 Å². The zero-order valence-corrected chi connectivity index (χ0v) is 15.5. The van der Waals surface area contributed by atoms with Crippen LogP contribution in [0.2, 0.25) is 0 Å². The number of nitrogens with zero attached hydrogens (tertiary/aromatic N) is 1. The number of carbonyl (C=O) groups excluding carboxylic acids is 1. The summed E-state index contributed by atoms with van der Waals surface area (Å²) in [4.78, 5) is 32.2. The summed E-state index contributed by atoms with van der Waals surface area (Å²) in [5.74, 6) is -1.40. The molecule has 0 spiro atoms. The van der Waals surface area contributed by atoms with Gasteiger partial charge in [-0.2, -0.15) is 0 Å². The van der Waals surface area contributed by atoms with Crippen LogP contribution in [0.3, 0.4) is 0 Å². The molecule has 0 unspecified atom stereocenters. The molecule has 2 aromatic rings. The average molecular weight is 365 g/mol. The Kier molecular flexibility index (Phi) is 5.00. The second kappa shape index (κ2) is 6.69. The first-order valence-electron chi connectivity index (χ1n) is 7.49. The SMILES string of the molecule is CC(C)(C)C(=O)OCc1cc2c([SiH2]O)c(O)c(O)cc2cc1[N+](=O)[O-]. The number of nitro groups is 1. The van der Waals surface area contributed by atoms with E-state index in [0.717, 1.165) is 0 Å². The maximum Gasteiger partial charge on any atom is 0.311 e. The number of esters is 1. The minimum atomic E-state index is -1.87. The fourth-order valence-corrected chi connectivity index (χ4v) is 3.14. The molecule has 25 heavy (non-hydrogen) atoms. The highest BCUT2D eigenvalue weighted by molar-refractivity contribution is 6.52. The van der Waals surface area contributed by atoms with E-state index in [-0.39, 0.29) is 23.0 Å². The van der Waals surface area contributed by atoms with Crippen LogP contribution in [0.25, 0.3) is 10.8 Å². The summed E-state index contributed by atoms with van der Waals surface area (Å²) in [5.41, 5.74) is -0.882. The Morgan fingerprint density at radius 3 is 2.44 bits per heavy atom. The molecule has 0 radical (unpaired) electrons. The molecule has 0 bridgehead atoms. The Labute approximate surface area is 145 Å². The first-order chi connectivity index (χ1) is 11.6. The molecule has 0 amide bonds. The summed E-state index contributed by atoms with van der Waals surface area (Å²) in [6, 6.07) is 3.82. The van der Waals surface area contributed by atoms with Gasteiger partial charge in [0.2, 0.25) is 0 Å². The molecule has 0 atom stereocenters. The zero-order valence-electron chi connectivity index (χ0n) is 14.1. The van der Waals surface area contributed by atoms with E-state index in [0.29, 0.717) is 10.8 Å². The third kappa shape index (κ3) is 3.72. The van der Waals surface area contributed by atoms with Crippen molar-refractivity contribution < 1.29 is 29.5 Å². The minimum Gasteiger partial charge on any atom is -0.504 e. The monoisotopic (exact) mass is 365 g/mol. The van der Waals surface area contributed by atoms with Gasteiger partial charge in [-0.15, -0.1) is 0 Å². The largest absolute Gasteiger partial charge is 0.504 e. The molecule has 0 aromatic heterocycles. The third-order valence-corrected chi connectivity index (χ3v) is 4.75. The van der Waals surface area contributed by atoms with Crippen LogP contribution in [-0.2, 0) is 16.1 Å². The number of carbonyl (C=O) groups is 1. The summed E-state index contributed by atoms with van der Waals surface area (Å²) in [6.07, 6.45) is 0. The molecular formula is C16H19NO7Si. The molecule has 0 aliphatic rings. The number of hydrogen-bond donors (Lipinski definition) is 3. The van der Waals surface area contributed by atoms with E-state index in [1.54, 1.807) is 20.8 Å². The van der Waals surface area contributed by atoms with E-state index >= 15 is 0 Å². The normalized spacial score (nSPS) is 12.0. The smallest absolute Gasteiger partial charge is 0.311 e. The Morgan fingerprint density at radius 1 is 1.28 bits per heavy atom. The van der Waals surface area contributed by atoms with Crippen molar-refractivity contribution in [3.05, 3.63) is 33.9 Å². The van der Waals surface area contributed by atoms with Gasteiger partial charge in [0.15, 0.2) is 21.3 Å². The van der Waals surface area contributed by atoms with Gasteiger partial charge in [-0.25, -0.2) is 0 Å². The standard InChI is InChI=1S/C16H19NO7Si/c1-16(2,3)15(20)24-7-9-4-10-8(5-11(9)17(21)22)6-12(18)13(19)14(10)25-23/h4-6,18-19,23H,7,25H2,1-3H3. The summed E-state index contributed by atoms with van der Waals surface area (Å²) < 4.78 is 5.15. The van der Waals surface area contributed by atoms with Gasteiger partial charge in [0.1, 0.15) is 6.61 Å². The second-order valence-electron chi connectivity index (χ2n) is 6.67. The van der Waals surface area contributed by atoms with Gasteiger partial charge in [0.25, 0.3) is 5.69 Å². The Morgan fingerprint density at radius 2 is 1.92 bits per heavy atom.